The molecular weight excluding hydrogens is 348 g/mol. The molecule has 148 valence electrons. The van der Waals surface area contributed by atoms with Crippen molar-refractivity contribution < 1.29 is 9.90 Å². The van der Waals surface area contributed by atoms with E-state index in [2.05, 4.69) is 71.3 Å². The van der Waals surface area contributed by atoms with Crippen molar-refractivity contribution in [2.75, 3.05) is 32.7 Å². The van der Waals surface area contributed by atoms with Gasteiger partial charge < -0.3 is 5.11 Å². The van der Waals surface area contributed by atoms with Gasteiger partial charge in [0.2, 0.25) is 0 Å². The summed E-state index contributed by atoms with van der Waals surface area (Å²) in [7, 11) is 0. The van der Waals surface area contributed by atoms with E-state index in [0.717, 1.165) is 45.6 Å². The van der Waals surface area contributed by atoms with Gasteiger partial charge in [0, 0.05) is 38.1 Å². The highest BCUT2D eigenvalue weighted by atomic mass is 16.4. The molecule has 2 aromatic rings. The van der Waals surface area contributed by atoms with Gasteiger partial charge in [-0.15, -0.1) is 0 Å². The molecule has 0 amide bonds. The number of aryl methyl sites for hydroxylation is 2. The molecule has 0 bridgehead atoms. The molecule has 2 heterocycles. The Morgan fingerprint density at radius 3 is 2.39 bits per heavy atom. The van der Waals surface area contributed by atoms with Crippen LogP contribution in [0.3, 0.4) is 0 Å². The Bertz CT molecular complexity index is 805. The number of carbonyl (C=O) groups is 1. The second-order valence-electron chi connectivity index (χ2n) is 8.76. The van der Waals surface area contributed by atoms with Crippen LogP contribution in [0.5, 0.6) is 0 Å². The molecule has 2 fully saturated rings. The maximum Gasteiger partial charge on any atom is 0.317 e. The predicted octanol–water partition coefficient (Wildman–Crippen LogP) is 3.45. The number of benzene rings is 2. The zero-order chi connectivity index (χ0) is 19.6. The number of nitrogens with zero attached hydrogens (tertiary/aromatic N) is 2. The topological polar surface area (TPSA) is 43.8 Å². The monoisotopic (exact) mass is 378 g/mol. The van der Waals surface area contributed by atoms with E-state index in [4.69, 9.17) is 0 Å². The molecule has 2 unspecified atom stereocenters. The molecular formula is C24H30N2O2. The average molecular weight is 379 g/mol. The minimum Gasteiger partial charge on any atom is -0.480 e. The first-order valence-corrected chi connectivity index (χ1v) is 10.3. The first kappa shape index (κ1) is 19.2. The van der Waals surface area contributed by atoms with E-state index in [1.54, 1.807) is 0 Å². The second-order valence-corrected chi connectivity index (χ2v) is 8.76. The average Bonchev–Trinajstić information content (AvgIpc) is 3.15. The number of rotatable bonds is 7. The Morgan fingerprint density at radius 1 is 1.00 bits per heavy atom. The molecule has 28 heavy (non-hydrogen) atoms. The molecule has 2 aliphatic heterocycles. The van der Waals surface area contributed by atoms with Crippen molar-refractivity contribution in [3.63, 3.8) is 0 Å². The normalized spacial score (nSPS) is 25.1. The first-order valence-electron chi connectivity index (χ1n) is 10.3. The highest BCUT2D eigenvalue weighted by Gasteiger charge is 2.51. The summed E-state index contributed by atoms with van der Waals surface area (Å²) in [6.07, 6.45) is 2.19. The van der Waals surface area contributed by atoms with Crippen LogP contribution in [0, 0.1) is 18.3 Å². The van der Waals surface area contributed by atoms with Gasteiger partial charge in [0.25, 0.3) is 0 Å². The third-order valence-corrected chi connectivity index (χ3v) is 6.54. The third-order valence-electron chi connectivity index (χ3n) is 6.54. The SMILES string of the molecule is Cc1ccc(CN2CC3CN(CC(=O)O)CC3(CCc3ccccc3)C2)cc1. The smallest absolute Gasteiger partial charge is 0.317 e. The number of aliphatic carboxylic acids is 1. The lowest BCUT2D eigenvalue weighted by molar-refractivity contribution is -0.138. The summed E-state index contributed by atoms with van der Waals surface area (Å²) in [5.41, 5.74) is 4.25. The lowest BCUT2D eigenvalue weighted by atomic mass is 9.76. The molecule has 0 aromatic heterocycles. The van der Waals surface area contributed by atoms with E-state index in [-0.39, 0.29) is 12.0 Å². The van der Waals surface area contributed by atoms with Crippen LogP contribution in [-0.2, 0) is 17.8 Å². The number of carboxylic acids is 1. The van der Waals surface area contributed by atoms with Crippen LogP contribution in [0.1, 0.15) is 23.1 Å². The largest absolute Gasteiger partial charge is 0.480 e. The van der Waals surface area contributed by atoms with Gasteiger partial charge in [-0.25, -0.2) is 0 Å². The highest BCUT2D eigenvalue weighted by molar-refractivity contribution is 5.69. The maximum atomic E-state index is 11.2. The van der Waals surface area contributed by atoms with Gasteiger partial charge in [-0.05, 0) is 36.8 Å². The Morgan fingerprint density at radius 2 is 1.68 bits per heavy atom. The molecule has 2 aliphatic rings. The summed E-state index contributed by atoms with van der Waals surface area (Å²) in [5.74, 6) is -0.157. The van der Waals surface area contributed by atoms with Gasteiger partial charge in [-0.2, -0.15) is 0 Å². The molecule has 0 aliphatic carbocycles. The first-order chi connectivity index (χ1) is 13.5. The second kappa shape index (κ2) is 8.06. The summed E-state index contributed by atoms with van der Waals surface area (Å²) < 4.78 is 0. The quantitative estimate of drug-likeness (QED) is 0.802. The molecule has 0 saturated carbocycles. The zero-order valence-corrected chi connectivity index (χ0v) is 16.7. The highest BCUT2D eigenvalue weighted by Crippen LogP contribution is 2.46. The van der Waals surface area contributed by atoms with Gasteiger partial charge in [0.15, 0.2) is 0 Å². The standard InChI is InChI=1S/C24H30N2O2/c1-19-7-9-21(10-8-19)13-25-14-22-15-26(16-23(27)28)18-24(22,17-25)12-11-20-5-3-2-4-6-20/h2-10,22H,11-18H2,1H3,(H,27,28). The Labute approximate surface area is 167 Å². The fourth-order valence-electron chi connectivity index (χ4n) is 5.18. The number of hydrogen-bond donors (Lipinski definition) is 1. The van der Waals surface area contributed by atoms with Crippen LogP contribution in [0.15, 0.2) is 54.6 Å². The number of fused-ring (bicyclic) bond motifs is 1. The van der Waals surface area contributed by atoms with Crippen molar-refractivity contribution >= 4 is 5.97 Å². The van der Waals surface area contributed by atoms with Crippen LogP contribution < -0.4 is 0 Å². The Kier molecular flexibility index (Phi) is 5.51. The van der Waals surface area contributed by atoms with Crippen LogP contribution in [0.2, 0.25) is 0 Å². The molecule has 0 radical (unpaired) electrons. The van der Waals surface area contributed by atoms with Gasteiger partial charge in [-0.1, -0.05) is 60.2 Å². The van der Waals surface area contributed by atoms with Crippen molar-refractivity contribution in [3.05, 3.63) is 71.3 Å². The van der Waals surface area contributed by atoms with Gasteiger partial charge >= 0.3 is 5.97 Å². The molecule has 2 atom stereocenters. The lowest BCUT2D eigenvalue weighted by Crippen LogP contribution is -2.36. The zero-order valence-electron chi connectivity index (χ0n) is 16.7. The molecule has 2 saturated heterocycles. The van der Waals surface area contributed by atoms with Crippen molar-refractivity contribution in [2.24, 2.45) is 11.3 Å². The van der Waals surface area contributed by atoms with Crippen molar-refractivity contribution in [2.45, 2.75) is 26.3 Å². The lowest BCUT2D eigenvalue weighted by Gasteiger charge is -2.29. The third kappa shape index (κ3) is 4.29. The number of carboxylic acid groups (broad SMARTS) is 1. The maximum absolute atomic E-state index is 11.2. The fraction of sp³-hybridized carbons (Fsp3) is 0.458. The van der Waals surface area contributed by atoms with Gasteiger partial charge in [0.05, 0.1) is 6.54 Å². The summed E-state index contributed by atoms with van der Waals surface area (Å²) in [6, 6.07) is 19.5. The summed E-state index contributed by atoms with van der Waals surface area (Å²) >= 11 is 0. The summed E-state index contributed by atoms with van der Waals surface area (Å²) in [5, 5.41) is 9.25. The minimum absolute atomic E-state index is 0.168. The van der Waals surface area contributed by atoms with E-state index in [1.165, 1.54) is 16.7 Å². The number of hydrogen-bond acceptors (Lipinski definition) is 3. The summed E-state index contributed by atoms with van der Waals surface area (Å²) in [4.78, 5) is 16.0. The molecule has 1 N–H and O–H groups in total. The summed E-state index contributed by atoms with van der Waals surface area (Å²) in [6.45, 7) is 7.23. The predicted molar refractivity (Wildman–Crippen MR) is 111 cm³/mol. The van der Waals surface area contributed by atoms with Crippen LogP contribution in [0.4, 0.5) is 0 Å². The van der Waals surface area contributed by atoms with Gasteiger partial charge in [0.1, 0.15) is 0 Å². The molecule has 2 aromatic carbocycles. The van der Waals surface area contributed by atoms with E-state index < -0.39 is 5.97 Å². The Hall–Kier alpha value is -2.17. The van der Waals surface area contributed by atoms with Crippen molar-refractivity contribution in [1.29, 1.82) is 0 Å². The van der Waals surface area contributed by atoms with E-state index in [1.807, 2.05) is 0 Å². The van der Waals surface area contributed by atoms with E-state index in [9.17, 15) is 9.90 Å². The molecule has 4 nitrogen and oxygen atoms in total. The van der Waals surface area contributed by atoms with E-state index >= 15 is 0 Å². The Balaban J connectivity index is 1.46. The molecule has 4 rings (SSSR count). The fourth-order valence-corrected chi connectivity index (χ4v) is 5.18. The van der Waals surface area contributed by atoms with Gasteiger partial charge in [-0.3, -0.25) is 14.6 Å². The van der Waals surface area contributed by atoms with Crippen LogP contribution >= 0.6 is 0 Å². The van der Waals surface area contributed by atoms with Crippen molar-refractivity contribution in [1.82, 2.24) is 9.80 Å². The molecule has 4 heteroatoms. The van der Waals surface area contributed by atoms with Crippen LogP contribution in [0.25, 0.3) is 0 Å². The number of likely N-dealkylation sites (tertiary alicyclic amines) is 2. The minimum atomic E-state index is -0.713. The van der Waals surface area contributed by atoms with Crippen LogP contribution in [-0.4, -0.2) is 53.6 Å². The van der Waals surface area contributed by atoms with Crippen molar-refractivity contribution in [3.8, 4) is 0 Å². The van der Waals surface area contributed by atoms with E-state index in [0.29, 0.717) is 5.92 Å². The molecule has 0 spiro atoms.